The Morgan fingerprint density at radius 1 is 1.50 bits per heavy atom. The van der Waals surface area contributed by atoms with Gasteiger partial charge in [0.2, 0.25) is 0 Å². The van der Waals surface area contributed by atoms with Crippen molar-refractivity contribution in [2.75, 3.05) is 0 Å². The largest absolute Gasteiger partial charge is 0.324 e. The molecule has 0 bridgehead atoms. The molecule has 70 valence electrons. The summed E-state index contributed by atoms with van der Waals surface area (Å²) < 4.78 is 0. The molecule has 1 rings (SSSR count). The highest BCUT2D eigenvalue weighted by molar-refractivity contribution is 7.07. The first kappa shape index (κ1) is 11.9. The molecule has 0 aliphatic rings. The van der Waals surface area contributed by atoms with Gasteiger partial charge in [-0.15, -0.1) is 12.4 Å². The zero-order valence-electron chi connectivity index (χ0n) is 7.49. The normalized spacial score (nSPS) is 12.7. The molecule has 0 aromatic carbocycles. The molecular formula is C9H16ClNS. The first-order chi connectivity index (χ1) is 5.20. The molecule has 0 aliphatic carbocycles. The Kier molecular flexibility index (Phi) is 5.55. The Morgan fingerprint density at radius 2 is 2.17 bits per heavy atom. The van der Waals surface area contributed by atoms with E-state index in [-0.39, 0.29) is 18.4 Å². The maximum Gasteiger partial charge on any atom is 0.0305 e. The molecule has 0 saturated heterocycles. The molecule has 0 radical (unpaired) electrons. The predicted octanol–water partition coefficient (Wildman–Crippen LogP) is 3.22. The van der Waals surface area contributed by atoms with Crippen molar-refractivity contribution in [3.8, 4) is 0 Å². The number of thiophene rings is 1. The minimum atomic E-state index is 0. The van der Waals surface area contributed by atoms with E-state index in [4.69, 9.17) is 5.73 Å². The van der Waals surface area contributed by atoms with Gasteiger partial charge in [-0.25, -0.2) is 0 Å². The van der Waals surface area contributed by atoms with Crippen LogP contribution >= 0.6 is 23.7 Å². The summed E-state index contributed by atoms with van der Waals surface area (Å²) in [5.41, 5.74) is 7.23. The van der Waals surface area contributed by atoms with Crippen LogP contribution < -0.4 is 5.73 Å². The Labute approximate surface area is 84.4 Å². The second kappa shape index (κ2) is 5.57. The third-order valence-corrected chi connectivity index (χ3v) is 2.40. The predicted molar refractivity (Wildman–Crippen MR) is 58.0 cm³/mol. The van der Waals surface area contributed by atoms with Crippen molar-refractivity contribution in [2.24, 2.45) is 11.7 Å². The summed E-state index contributed by atoms with van der Waals surface area (Å²) in [7, 11) is 0. The van der Waals surface area contributed by atoms with Gasteiger partial charge in [-0.3, -0.25) is 0 Å². The quantitative estimate of drug-likeness (QED) is 0.806. The lowest BCUT2D eigenvalue weighted by Gasteiger charge is -2.11. The minimum absolute atomic E-state index is 0. The highest BCUT2D eigenvalue weighted by Crippen LogP contribution is 2.20. The molecule has 2 N–H and O–H groups in total. The Hall–Kier alpha value is -0.0500. The van der Waals surface area contributed by atoms with Crippen LogP contribution in [-0.4, -0.2) is 0 Å². The van der Waals surface area contributed by atoms with Crippen LogP contribution in [0.15, 0.2) is 16.8 Å². The zero-order chi connectivity index (χ0) is 8.27. The van der Waals surface area contributed by atoms with E-state index in [9.17, 15) is 0 Å². The van der Waals surface area contributed by atoms with Gasteiger partial charge in [0.15, 0.2) is 0 Å². The van der Waals surface area contributed by atoms with Crippen LogP contribution in [0.2, 0.25) is 0 Å². The third-order valence-electron chi connectivity index (χ3n) is 1.70. The molecule has 0 aliphatic heterocycles. The van der Waals surface area contributed by atoms with E-state index in [2.05, 4.69) is 30.7 Å². The maximum absolute atomic E-state index is 5.95. The fraction of sp³-hybridized carbons (Fsp3) is 0.556. The van der Waals surface area contributed by atoms with E-state index in [0.29, 0.717) is 5.92 Å². The summed E-state index contributed by atoms with van der Waals surface area (Å²) in [6.07, 6.45) is 1.08. The molecule has 0 unspecified atom stereocenters. The Balaban J connectivity index is 0.00000121. The summed E-state index contributed by atoms with van der Waals surface area (Å²) >= 11 is 1.72. The molecule has 1 atom stereocenters. The van der Waals surface area contributed by atoms with Crippen molar-refractivity contribution in [1.29, 1.82) is 0 Å². The van der Waals surface area contributed by atoms with Gasteiger partial charge in [-0.1, -0.05) is 13.8 Å². The number of halogens is 1. The minimum Gasteiger partial charge on any atom is -0.324 e. The zero-order valence-corrected chi connectivity index (χ0v) is 9.12. The van der Waals surface area contributed by atoms with E-state index in [1.165, 1.54) is 5.56 Å². The molecule has 1 aromatic heterocycles. The standard InChI is InChI=1S/C9H15NS.ClH/c1-7(2)5-9(10)8-3-4-11-6-8;/h3-4,6-7,9H,5,10H2,1-2H3;1H/t9-;/m0./s1. The second-order valence-corrected chi connectivity index (χ2v) is 4.07. The lowest BCUT2D eigenvalue weighted by molar-refractivity contribution is 0.511. The van der Waals surface area contributed by atoms with Crippen LogP contribution in [0, 0.1) is 5.92 Å². The van der Waals surface area contributed by atoms with Crippen LogP contribution in [0.4, 0.5) is 0 Å². The van der Waals surface area contributed by atoms with Crippen LogP contribution in [-0.2, 0) is 0 Å². The molecule has 3 heteroatoms. The first-order valence-corrected chi connectivity index (χ1v) is 4.92. The number of hydrogen-bond donors (Lipinski definition) is 1. The summed E-state index contributed by atoms with van der Waals surface area (Å²) in [4.78, 5) is 0. The van der Waals surface area contributed by atoms with E-state index >= 15 is 0 Å². The van der Waals surface area contributed by atoms with Crippen molar-refractivity contribution in [3.63, 3.8) is 0 Å². The fourth-order valence-corrected chi connectivity index (χ4v) is 1.85. The molecular weight excluding hydrogens is 190 g/mol. The SMILES string of the molecule is CC(C)C[C@H](N)c1ccsc1.Cl. The molecule has 1 nitrogen and oxygen atoms in total. The lowest BCUT2D eigenvalue weighted by Crippen LogP contribution is -2.11. The number of nitrogens with two attached hydrogens (primary N) is 1. The number of rotatable bonds is 3. The third kappa shape index (κ3) is 3.57. The number of hydrogen-bond acceptors (Lipinski definition) is 2. The van der Waals surface area contributed by atoms with Crippen molar-refractivity contribution in [3.05, 3.63) is 22.4 Å². The van der Waals surface area contributed by atoms with Gasteiger partial charge < -0.3 is 5.73 Å². The van der Waals surface area contributed by atoms with Crippen molar-refractivity contribution >= 4 is 23.7 Å². The van der Waals surface area contributed by atoms with E-state index < -0.39 is 0 Å². The van der Waals surface area contributed by atoms with Crippen LogP contribution in [0.25, 0.3) is 0 Å². The summed E-state index contributed by atoms with van der Waals surface area (Å²) in [5.74, 6) is 0.685. The summed E-state index contributed by atoms with van der Waals surface area (Å²) in [6, 6.07) is 2.35. The van der Waals surface area contributed by atoms with Gasteiger partial charge in [-0.2, -0.15) is 11.3 Å². The van der Waals surface area contributed by atoms with Gasteiger partial charge in [0.1, 0.15) is 0 Å². The average molecular weight is 206 g/mol. The Morgan fingerprint density at radius 3 is 2.58 bits per heavy atom. The molecule has 0 amide bonds. The van der Waals surface area contributed by atoms with E-state index in [1.54, 1.807) is 11.3 Å². The topological polar surface area (TPSA) is 26.0 Å². The summed E-state index contributed by atoms with van der Waals surface area (Å²) in [5, 5.41) is 4.21. The average Bonchev–Trinajstić information content (AvgIpc) is 2.35. The van der Waals surface area contributed by atoms with Gasteiger partial charge in [0.25, 0.3) is 0 Å². The van der Waals surface area contributed by atoms with Gasteiger partial charge in [0.05, 0.1) is 0 Å². The molecule has 0 saturated carbocycles. The highest BCUT2D eigenvalue weighted by atomic mass is 35.5. The molecule has 0 fully saturated rings. The fourth-order valence-electron chi connectivity index (χ4n) is 1.13. The first-order valence-electron chi connectivity index (χ1n) is 3.98. The highest BCUT2D eigenvalue weighted by Gasteiger charge is 2.07. The van der Waals surface area contributed by atoms with Crippen LogP contribution in [0.5, 0.6) is 0 Å². The van der Waals surface area contributed by atoms with Crippen molar-refractivity contribution < 1.29 is 0 Å². The molecule has 1 heterocycles. The van der Waals surface area contributed by atoms with Gasteiger partial charge in [0, 0.05) is 6.04 Å². The van der Waals surface area contributed by atoms with E-state index in [1.807, 2.05) is 0 Å². The van der Waals surface area contributed by atoms with E-state index in [0.717, 1.165) is 6.42 Å². The summed E-state index contributed by atoms with van der Waals surface area (Å²) in [6.45, 7) is 4.40. The van der Waals surface area contributed by atoms with Crippen molar-refractivity contribution in [1.82, 2.24) is 0 Å². The van der Waals surface area contributed by atoms with Crippen molar-refractivity contribution in [2.45, 2.75) is 26.3 Å². The van der Waals surface area contributed by atoms with Crippen LogP contribution in [0.1, 0.15) is 31.9 Å². The molecule has 0 spiro atoms. The molecule has 12 heavy (non-hydrogen) atoms. The smallest absolute Gasteiger partial charge is 0.0305 e. The lowest BCUT2D eigenvalue weighted by atomic mass is 10.0. The van der Waals surface area contributed by atoms with Gasteiger partial charge >= 0.3 is 0 Å². The molecule has 1 aromatic rings. The monoisotopic (exact) mass is 205 g/mol. The van der Waals surface area contributed by atoms with Gasteiger partial charge in [-0.05, 0) is 34.7 Å². The maximum atomic E-state index is 5.95. The van der Waals surface area contributed by atoms with Crippen LogP contribution in [0.3, 0.4) is 0 Å². The Bertz CT molecular complexity index is 196. The second-order valence-electron chi connectivity index (χ2n) is 3.29.